The highest BCUT2D eigenvalue weighted by atomic mass is 79.9. The minimum absolute atomic E-state index is 0.800. The summed E-state index contributed by atoms with van der Waals surface area (Å²) in [4.78, 5) is 9.27. The third-order valence-electron chi connectivity index (χ3n) is 3.43. The Hall–Kier alpha value is -1.43. The molecular formula is C15H22BrN5. The molecule has 0 saturated carbocycles. The Morgan fingerprint density at radius 2 is 1.86 bits per heavy atom. The maximum Gasteiger partial charge on any atom is 0.162 e. The lowest BCUT2D eigenvalue weighted by Gasteiger charge is -2.14. The molecule has 0 bridgehead atoms. The first-order valence-corrected chi connectivity index (χ1v) is 8.12. The van der Waals surface area contributed by atoms with Crippen LogP contribution < -0.4 is 5.32 Å². The van der Waals surface area contributed by atoms with Gasteiger partial charge in [-0.25, -0.2) is 14.6 Å². The van der Waals surface area contributed by atoms with Crippen LogP contribution in [0.2, 0.25) is 0 Å². The fourth-order valence-electron chi connectivity index (χ4n) is 2.16. The van der Waals surface area contributed by atoms with Gasteiger partial charge in [-0.1, -0.05) is 13.8 Å². The van der Waals surface area contributed by atoms with E-state index in [4.69, 9.17) is 0 Å². The van der Waals surface area contributed by atoms with Gasteiger partial charge in [-0.05, 0) is 43.1 Å². The van der Waals surface area contributed by atoms with Gasteiger partial charge in [-0.2, -0.15) is 5.10 Å². The Morgan fingerprint density at radius 1 is 1.14 bits per heavy atom. The Balaban J connectivity index is 2.58. The van der Waals surface area contributed by atoms with Gasteiger partial charge in [-0.3, -0.25) is 0 Å². The quantitative estimate of drug-likeness (QED) is 0.891. The molecule has 2 aromatic heterocycles. The van der Waals surface area contributed by atoms with Gasteiger partial charge < -0.3 is 5.32 Å². The summed E-state index contributed by atoms with van der Waals surface area (Å²) in [6.45, 7) is 11.2. The lowest BCUT2D eigenvalue weighted by molar-refractivity contribution is 0.773. The average molecular weight is 352 g/mol. The summed E-state index contributed by atoms with van der Waals surface area (Å²) < 4.78 is 2.92. The molecule has 0 atom stereocenters. The highest BCUT2D eigenvalue weighted by Gasteiger charge is 2.17. The topological polar surface area (TPSA) is 55.6 Å². The highest BCUT2D eigenvalue weighted by molar-refractivity contribution is 9.10. The zero-order valence-corrected chi connectivity index (χ0v) is 14.9. The number of anilines is 1. The van der Waals surface area contributed by atoms with Gasteiger partial charge in [0, 0.05) is 18.5 Å². The molecule has 114 valence electrons. The van der Waals surface area contributed by atoms with Gasteiger partial charge >= 0.3 is 0 Å². The van der Waals surface area contributed by atoms with E-state index in [0.29, 0.717) is 0 Å². The van der Waals surface area contributed by atoms with E-state index in [2.05, 4.69) is 50.2 Å². The number of nitrogens with zero attached hydrogens (tertiary/aromatic N) is 4. The van der Waals surface area contributed by atoms with Crippen LogP contribution in [0.3, 0.4) is 0 Å². The second-order valence-corrected chi connectivity index (χ2v) is 5.91. The summed E-state index contributed by atoms with van der Waals surface area (Å²) in [5.74, 6) is 2.59. The van der Waals surface area contributed by atoms with Crippen molar-refractivity contribution < 1.29 is 0 Å². The lowest BCUT2D eigenvalue weighted by Crippen LogP contribution is -2.13. The normalized spacial score (nSPS) is 11.0. The predicted molar refractivity (Wildman–Crippen MR) is 89.2 cm³/mol. The molecule has 2 aromatic rings. The molecule has 0 fully saturated rings. The van der Waals surface area contributed by atoms with Crippen molar-refractivity contribution in [3.63, 3.8) is 0 Å². The summed E-state index contributed by atoms with van der Waals surface area (Å²) in [6, 6.07) is 0. The van der Waals surface area contributed by atoms with Gasteiger partial charge in [0.05, 0.1) is 15.9 Å². The van der Waals surface area contributed by atoms with Crippen molar-refractivity contribution in [1.82, 2.24) is 19.7 Å². The van der Waals surface area contributed by atoms with E-state index in [1.54, 1.807) is 0 Å². The molecule has 2 heterocycles. The SMILES string of the molecule is CCCNc1nc(CC)nc(-n2nc(C)c(Br)c2C)c1C. The lowest BCUT2D eigenvalue weighted by atomic mass is 10.2. The Bertz CT molecular complexity index is 648. The third-order valence-corrected chi connectivity index (χ3v) is 4.58. The van der Waals surface area contributed by atoms with E-state index in [1.165, 1.54) is 0 Å². The smallest absolute Gasteiger partial charge is 0.162 e. The third kappa shape index (κ3) is 3.10. The summed E-state index contributed by atoms with van der Waals surface area (Å²) >= 11 is 3.58. The van der Waals surface area contributed by atoms with Crippen molar-refractivity contribution in [3.8, 4) is 5.82 Å². The zero-order chi connectivity index (χ0) is 15.6. The number of hydrogen-bond acceptors (Lipinski definition) is 4. The minimum Gasteiger partial charge on any atom is -0.370 e. The van der Waals surface area contributed by atoms with E-state index >= 15 is 0 Å². The maximum atomic E-state index is 4.67. The predicted octanol–water partition coefficient (Wildman–Crippen LogP) is 3.73. The molecule has 21 heavy (non-hydrogen) atoms. The molecular weight excluding hydrogens is 330 g/mol. The van der Waals surface area contributed by atoms with Crippen LogP contribution in [0, 0.1) is 20.8 Å². The van der Waals surface area contributed by atoms with Crippen molar-refractivity contribution in [2.24, 2.45) is 0 Å². The summed E-state index contributed by atoms with van der Waals surface area (Å²) in [5.41, 5.74) is 3.04. The van der Waals surface area contributed by atoms with Crippen molar-refractivity contribution in [2.45, 2.75) is 47.5 Å². The van der Waals surface area contributed by atoms with Crippen molar-refractivity contribution >= 4 is 21.7 Å². The number of aromatic nitrogens is 4. The largest absolute Gasteiger partial charge is 0.370 e. The van der Waals surface area contributed by atoms with E-state index in [1.807, 2.05) is 25.5 Å². The highest BCUT2D eigenvalue weighted by Crippen LogP contribution is 2.26. The molecule has 0 radical (unpaired) electrons. The number of halogens is 1. The van der Waals surface area contributed by atoms with Crippen LogP contribution in [-0.4, -0.2) is 26.3 Å². The van der Waals surface area contributed by atoms with Crippen molar-refractivity contribution in [3.05, 3.63) is 27.2 Å². The van der Waals surface area contributed by atoms with Gasteiger partial charge in [0.15, 0.2) is 5.82 Å². The Kier molecular flexibility index (Phi) is 4.98. The number of hydrogen-bond donors (Lipinski definition) is 1. The van der Waals surface area contributed by atoms with Crippen LogP contribution in [0.25, 0.3) is 5.82 Å². The fourth-order valence-corrected chi connectivity index (χ4v) is 2.41. The standard InChI is InChI=1S/C15H22BrN5/c1-6-8-17-14-9(3)15(19-12(7-2)18-14)21-11(5)13(16)10(4)20-21/h6-8H2,1-5H3,(H,17,18,19). The van der Waals surface area contributed by atoms with Gasteiger partial charge in [-0.15, -0.1) is 0 Å². The van der Waals surface area contributed by atoms with Crippen LogP contribution in [0.5, 0.6) is 0 Å². The van der Waals surface area contributed by atoms with Crippen LogP contribution in [0.15, 0.2) is 4.47 Å². The monoisotopic (exact) mass is 351 g/mol. The zero-order valence-electron chi connectivity index (χ0n) is 13.3. The first kappa shape index (κ1) is 15.9. The average Bonchev–Trinajstić information content (AvgIpc) is 2.74. The summed E-state index contributed by atoms with van der Waals surface area (Å²) in [6.07, 6.45) is 1.86. The fraction of sp³-hybridized carbons (Fsp3) is 0.533. The van der Waals surface area contributed by atoms with Crippen LogP contribution in [0.4, 0.5) is 5.82 Å². The van der Waals surface area contributed by atoms with Crippen LogP contribution in [-0.2, 0) is 6.42 Å². The minimum atomic E-state index is 0.800. The first-order chi connectivity index (χ1) is 9.99. The van der Waals surface area contributed by atoms with E-state index < -0.39 is 0 Å². The van der Waals surface area contributed by atoms with Gasteiger partial charge in [0.1, 0.15) is 11.6 Å². The molecule has 5 nitrogen and oxygen atoms in total. The molecule has 0 amide bonds. The molecule has 0 aromatic carbocycles. The number of nitrogens with one attached hydrogen (secondary N) is 1. The first-order valence-electron chi connectivity index (χ1n) is 7.33. The van der Waals surface area contributed by atoms with Gasteiger partial charge in [0.2, 0.25) is 0 Å². The van der Waals surface area contributed by atoms with Crippen LogP contribution >= 0.6 is 15.9 Å². The van der Waals surface area contributed by atoms with Crippen LogP contribution in [0.1, 0.15) is 43.0 Å². The molecule has 0 aliphatic rings. The summed E-state index contributed by atoms with van der Waals surface area (Å²) in [5, 5.41) is 7.97. The number of rotatable bonds is 5. The Morgan fingerprint density at radius 3 is 2.38 bits per heavy atom. The molecule has 0 unspecified atom stereocenters. The van der Waals surface area contributed by atoms with Gasteiger partial charge in [0.25, 0.3) is 0 Å². The molecule has 2 rings (SSSR count). The summed E-state index contributed by atoms with van der Waals surface area (Å²) in [7, 11) is 0. The second-order valence-electron chi connectivity index (χ2n) is 5.11. The number of aryl methyl sites for hydroxylation is 2. The Labute approximate surface area is 134 Å². The molecule has 1 N–H and O–H groups in total. The molecule has 0 aliphatic heterocycles. The molecule has 0 spiro atoms. The van der Waals surface area contributed by atoms with Crippen molar-refractivity contribution in [1.29, 1.82) is 0 Å². The van der Waals surface area contributed by atoms with E-state index in [0.717, 1.165) is 58.3 Å². The maximum absolute atomic E-state index is 4.67. The molecule has 0 saturated heterocycles. The van der Waals surface area contributed by atoms with Crippen molar-refractivity contribution in [2.75, 3.05) is 11.9 Å². The molecule has 0 aliphatic carbocycles. The van der Waals surface area contributed by atoms with E-state index in [9.17, 15) is 0 Å². The van der Waals surface area contributed by atoms with E-state index in [-0.39, 0.29) is 0 Å². The second kappa shape index (κ2) is 6.56. The molecule has 6 heteroatoms.